The first kappa shape index (κ1) is 12.2. The topological polar surface area (TPSA) is 55.9 Å². The van der Waals surface area contributed by atoms with Crippen molar-refractivity contribution in [1.29, 1.82) is 0 Å². The van der Waals surface area contributed by atoms with Crippen LogP contribution in [0.3, 0.4) is 0 Å². The van der Waals surface area contributed by atoms with Gasteiger partial charge < -0.3 is 4.57 Å². The van der Waals surface area contributed by atoms with E-state index in [4.69, 9.17) is 5.84 Å². The van der Waals surface area contributed by atoms with Crippen LogP contribution in [0.1, 0.15) is 32.5 Å². The van der Waals surface area contributed by atoms with Gasteiger partial charge in [-0.05, 0) is 18.8 Å². The fourth-order valence-electron chi connectivity index (χ4n) is 1.59. The minimum atomic E-state index is 0.327. The molecule has 0 fully saturated rings. The van der Waals surface area contributed by atoms with E-state index in [1.165, 1.54) is 6.42 Å². The Morgan fingerprint density at radius 1 is 1.47 bits per heavy atom. The lowest BCUT2D eigenvalue weighted by atomic mass is 10.0. The first-order valence-electron chi connectivity index (χ1n) is 5.55. The van der Waals surface area contributed by atoms with Crippen molar-refractivity contribution >= 4 is 0 Å². The normalized spacial score (nSPS) is 13.4. The molecule has 15 heavy (non-hydrogen) atoms. The lowest BCUT2D eigenvalue weighted by molar-refractivity contribution is 0.426. The Morgan fingerprint density at radius 3 is 2.67 bits per heavy atom. The molecule has 4 heteroatoms. The van der Waals surface area contributed by atoms with Crippen molar-refractivity contribution in [2.75, 3.05) is 0 Å². The monoisotopic (exact) mass is 210 g/mol. The first-order chi connectivity index (χ1) is 7.13. The second-order valence-electron chi connectivity index (χ2n) is 4.49. The van der Waals surface area contributed by atoms with Gasteiger partial charge in [0, 0.05) is 31.9 Å². The highest BCUT2D eigenvalue weighted by molar-refractivity contribution is 4.94. The molecule has 1 heterocycles. The van der Waals surface area contributed by atoms with Crippen LogP contribution in [0, 0.1) is 5.92 Å². The summed E-state index contributed by atoms with van der Waals surface area (Å²) in [5, 5.41) is 0. The number of imidazole rings is 1. The van der Waals surface area contributed by atoms with Gasteiger partial charge in [-0.1, -0.05) is 13.8 Å². The molecule has 1 atom stereocenters. The second kappa shape index (κ2) is 5.88. The van der Waals surface area contributed by atoms with Crippen molar-refractivity contribution in [2.24, 2.45) is 18.8 Å². The minimum Gasteiger partial charge on any atom is -0.338 e. The van der Waals surface area contributed by atoms with Gasteiger partial charge in [0.2, 0.25) is 0 Å². The lowest BCUT2D eigenvalue weighted by Crippen LogP contribution is -2.37. The summed E-state index contributed by atoms with van der Waals surface area (Å²) < 4.78 is 2.04. The molecule has 1 aromatic rings. The van der Waals surface area contributed by atoms with E-state index < -0.39 is 0 Å². The average molecular weight is 210 g/mol. The van der Waals surface area contributed by atoms with Gasteiger partial charge in [0.05, 0.1) is 0 Å². The fourth-order valence-corrected chi connectivity index (χ4v) is 1.59. The summed E-state index contributed by atoms with van der Waals surface area (Å²) in [6, 6.07) is 0.327. The van der Waals surface area contributed by atoms with E-state index in [-0.39, 0.29) is 0 Å². The summed E-state index contributed by atoms with van der Waals surface area (Å²) in [7, 11) is 2.01. The van der Waals surface area contributed by atoms with E-state index in [1.807, 2.05) is 24.0 Å². The summed E-state index contributed by atoms with van der Waals surface area (Å²) in [5.74, 6) is 7.35. The highest BCUT2D eigenvalue weighted by atomic mass is 15.2. The molecule has 0 spiro atoms. The van der Waals surface area contributed by atoms with E-state index in [9.17, 15) is 0 Å². The van der Waals surface area contributed by atoms with Crippen molar-refractivity contribution in [3.05, 3.63) is 18.2 Å². The Labute approximate surface area is 91.8 Å². The first-order valence-corrected chi connectivity index (χ1v) is 5.55. The Bertz CT molecular complexity index is 280. The number of rotatable bonds is 6. The van der Waals surface area contributed by atoms with Gasteiger partial charge in [-0.15, -0.1) is 0 Å². The van der Waals surface area contributed by atoms with Crippen LogP contribution in [0.15, 0.2) is 12.4 Å². The predicted octanol–water partition coefficient (Wildman–Crippen LogP) is 1.23. The molecule has 0 amide bonds. The van der Waals surface area contributed by atoms with E-state index in [0.29, 0.717) is 6.04 Å². The molecule has 0 aromatic carbocycles. The van der Waals surface area contributed by atoms with Crippen LogP contribution in [0.25, 0.3) is 0 Å². The van der Waals surface area contributed by atoms with E-state index in [2.05, 4.69) is 24.3 Å². The molecule has 0 saturated heterocycles. The summed E-state index contributed by atoms with van der Waals surface area (Å²) in [5.41, 5.74) is 2.87. The van der Waals surface area contributed by atoms with Gasteiger partial charge in [0.25, 0.3) is 0 Å². The molecule has 1 rings (SSSR count). The fraction of sp³-hybridized carbons (Fsp3) is 0.727. The number of hydrazine groups is 1. The molecule has 0 saturated carbocycles. The zero-order valence-electron chi connectivity index (χ0n) is 9.90. The van der Waals surface area contributed by atoms with Crippen LogP contribution in [-0.2, 0) is 13.5 Å². The smallest absolute Gasteiger partial charge is 0.109 e. The summed E-state index contributed by atoms with van der Waals surface area (Å²) in [6.07, 6.45) is 6.98. The van der Waals surface area contributed by atoms with E-state index in [1.54, 1.807) is 0 Å². The largest absolute Gasteiger partial charge is 0.338 e. The van der Waals surface area contributed by atoms with E-state index in [0.717, 1.165) is 24.6 Å². The third-order valence-electron chi connectivity index (χ3n) is 2.68. The molecule has 0 radical (unpaired) electrons. The van der Waals surface area contributed by atoms with Gasteiger partial charge in [-0.25, -0.2) is 4.98 Å². The number of nitrogens with one attached hydrogen (secondary N) is 1. The van der Waals surface area contributed by atoms with E-state index >= 15 is 0 Å². The highest BCUT2D eigenvalue weighted by Crippen LogP contribution is 2.09. The number of hydrogen-bond donors (Lipinski definition) is 2. The molecule has 0 bridgehead atoms. The quantitative estimate of drug-likeness (QED) is 0.548. The molecule has 3 N–H and O–H groups in total. The Hall–Kier alpha value is -0.870. The molecule has 0 aliphatic heterocycles. The number of hydrogen-bond acceptors (Lipinski definition) is 3. The maximum atomic E-state index is 5.54. The van der Waals surface area contributed by atoms with Gasteiger partial charge in [-0.2, -0.15) is 0 Å². The van der Waals surface area contributed by atoms with Gasteiger partial charge in [-0.3, -0.25) is 11.3 Å². The van der Waals surface area contributed by atoms with Gasteiger partial charge >= 0.3 is 0 Å². The third kappa shape index (κ3) is 4.01. The van der Waals surface area contributed by atoms with Crippen LogP contribution in [-0.4, -0.2) is 15.6 Å². The number of aromatic nitrogens is 2. The van der Waals surface area contributed by atoms with Crippen molar-refractivity contribution in [3.63, 3.8) is 0 Å². The Kier molecular flexibility index (Phi) is 4.78. The molecular weight excluding hydrogens is 188 g/mol. The number of aryl methyl sites for hydroxylation is 1. The van der Waals surface area contributed by atoms with Crippen molar-refractivity contribution in [1.82, 2.24) is 15.0 Å². The maximum Gasteiger partial charge on any atom is 0.109 e. The van der Waals surface area contributed by atoms with Crippen LogP contribution < -0.4 is 11.3 Å². The average Bonchev–Trinajstić information content (AvgIpc) is 2.58. The predicted molar refractivity (Wildman–Crippen MR) is 62.1 cm³/mol. The summed E-state index contributed by atoms with van der Waals surface area (Å²) in [6.45, 7) is 4.46. The SMILES string of the molecule is CC(C)CCC(Cc1nccn1C)NN. The molecule has 4 nitrogen and oxygen atoms in total. The van der Waals surface area contributed by atoms with Crippen LogP contribution >= 0.6 is 0 Å². The molecule has 1 aromatic heterocycles. The second-order valence-corrected chi connectivity index (χ2v) is 4.49. The van der Waals surface area contributed by atoms with Crippen molar-refractivity contribution in [2.45, 2.75) is 39.2 Å². The highest BCUT2D eigenvalue weighted by Gasteiger charge is 2.11. The van der Waals surface area contributed by atoms with Crippen LogP contribution in [0.5, 0.6) is 0 Å². The molecule has 86 valence electrons. The standard InChI is InChI=1S/C11H22N4/c1-9(2)4-5-10(14-12)8-11-13-6-7-15(11)3/h6-7,9-10,14H,4-5,8,12H2,1-3H3. The Morgan fingerprint density at radius 2 is 2.20 bits per heavy atom. The summed E-state index contributed by atoms with van der Waals surface area (Å²) in [4.78, 5) is 4.30. The van der Waals surface area contributed by atoms with Crippen LogP contribution in [0.4, 0.5) is 0 Å². The number of nitrogens with two attached hydrogens (primary N) is 1. The minimum absolute atomic E-state index is 0.327. The van der Waals surface area contributed by atoms with Crippen LogP contribution in [0.2, 0.25) is 0 Å². The van der Waals surface area contributed by atoms with Crippen molar-refractivity contribution in [3.8, 4) is 0 Å². The van der Waals surface area contributed by atoms with Crippen molar-refractivity contribution < 1.29 is 0 Å². The van der Waals surface area contributed by atoms with Gasteiger partial charge in [0.1, 0.15) is 5.82 Å². The molecular formula is C11H22N4. The van der Waals surface area contributed by atoms with Gasteiger partial charge in [0.15, 0.2) is 0 Å². The zero-order valence-corrected chi connectivity index (χ0v) is 9.90. The third-order valence-corrected chi connectivity index (χ3v) is 2.68. The molecule has 0 aliphatic rings. The summed E-state index contributed by atoms with van der Waals surface area (Å²) >= 11 is 0. The molecule has 0 aliphatic carbocycles. The number of nitrogens with zero attached hydrogens (tertiary/aromatic N) is 2. The molecule has 1 unspecified atom stereocenters. The Balaban J connectivity index is 2.43. The lowest BCUT2D eigenvalue weighted by Gasteiger charge is -2.16. The zero-order chi connectivity index (χ0) is 11.3. The maximum absolute atomic E-state index is 5.54.